The first kappa shape index (κ1) is 15.0. The van der Waals surface area contributed by atoms with Crippen LogP contribution < -0.4 is 4.72 Å². The van der Waals surface area contributed by atoms with Gasteiger partial charge in [-0.25, -0.2) is 8.42 Å². The Morgan fingerprint density at radius 3 is 2.63 bits per heavy atom. The maximum atomic E-state index is 12.1. The topological polar surface area (TPSA) is 92.7 Å². The Morgan fingerprint density at radius 2 is 2.21 bits per heavy atom. The third-order valence-electron chi connectivity index (χ3n) is 2.65. The van der Waals surface area contributed by atoms with E-state index in [1.54, 1.807) is 0 Å². The average molecular weight is 346 g/mol. The number of thiophene rings is 1. The number of hydrogen-bond donors (Lipinski definition) is 2. The molecular formula is C9H9Cl2NO5S2. The van der Waals surface area contributed by atoms with Crippen molar-refractivity contribution in [3.8, 4) is 0 Å². The smallest absolute Gasteiger partial charge is 0.327 e. The Hall–Kier alpha value is -0.380. The highest BCUT2D eigenvalue weighted by Gasteiger charge is 2.46. The number of ether oxygens (including phenoxy) is 1. The van der Waals surface area contributed by atoms with Crippen molar-refractivity contribution in [2.24, 2.45) is 0 Å². The highest BCUT2D eigenvalue weighted by molar-refractivity contribution is 7.91. The SMILES string of the molecule is O=C(O)C1(NS(=O)(=O)c2cc(Cl)c(Cl)s2)CCOC1. The number of sulfonamides is 1. The molecule has 2 heterocycles. The van der Waals surface area contributed by atoms with E-state index in [-0.39, 0.29) is 33.2 Å². The minimum absolute atomic E-state index is 0.0639. The monoisotopic (exact) mass is 345 g/mol. The molecule has 1 atom stereocenters. The van der Waals surface area contributed by atoms with Crippen LogP contribution in [0.1, 0.15) is 6.42 Å². The average Bonchev–Trinajstić information content (AvgIpc) is 2.88. The number of carboxylic acids is 1. The van der Waals surface area contributed by atoms with Gasteiger partial charge in [0.15, 0.2) is 5.54 Å². The van der Waals surface area contributed by atoms with Gasteiger partial charge in [-0.3, -0.25) is 4.79 Å². The fourth-order valence-corrected chi connectivity index (χ4v) is 4.88. The second-order valence-corrected chi connectivity index (χ2v) is 7.95. The number of carboxylic acid groups (broad SMARTS) is 1. The summed E-state index contributed by atoms with van der Waals surface area (Å²) in [4.78, 5) is 11.2. The first-order valence-electron chi connectivity index (χ1n) is 5.07. The molecule has 0 radical (unpaired) electrons. The first-order chi connectivity index (χ1) is 8.77. The van der Waals surface area contributed by atoms with Gasteiger partial charge in [-0.1, -0.05) is 23.2 Å². The molecule has 1 unspecified atom stereocenters. The van der Waals surface area contributed by atoms with E-state index in [1.165, 1.54) is 6.07 Å². The summed E-state index contributed by atoms with van der Waals surface area (Å²) in [5.41, 5.74) is -1.64. The number of rotatable bonds is 4. The van der Waals surface area contributed by atoms with Gasteiger partial charge in [0.25, 0.3) is 10.0 Å². The molecule has 10 heteroatoms. The standard InChI is InChI=1S/C9H9Cl2NO5S2/c10-5-3-6(18-7(5)11)19(15,16)12-9(8(13)14)1-2-17-4-9/h3,12H,1-2,4H2,(H,13,14). The number of aliphatic carboxylic acids is 1. The van der Waals surface area contributed by atoms with Crippen LogP contribution in [0.3, 0.4) is 0 Å². The lowest BCUT2D eigenvalue weighted by Gasteiger charge is -2.22. The number of carbonyl (C=O) groups is 1. The summed E-state index contributed by atoms with van der Waals surface area (Å²) >= 11 is 12.2. The minimum atomic E-state index is -4.01. The zero-order valence-corrected chi connectivity index (χ0v) is 12.5. The minimum Gasteiger partial charge on any atom is -0.480 e. The quantitative estimate of drug-likeness (QED) is 0.863. The third-order valence-corrected chi connectivity index (χ3v) is 6.52. The Kier molecular flexibility index (Phi) is 4.10. The number of nitrogens with one attached hydrogen (secondary N) is 1. The molecule has 0 spiro atoms. The molecule has 1 aromatic rings. The van der Waals surface area contributed by atoms with Crippen molar-refractivity contribution in [3.05, 3.63) is 15.4 Å². The van der Waals surface area contributed by atoms with Crippen molar-refractivity contribution in [2.75, 3.05) is 13.2 Å². The van der Waals surface area contributed by atoms with Gasteiger partial charge in [0.05, 0.1) is 11.6 Å². The molecule has 1 aromatic heterocycles. The molecule has 2 rings (SSSR count). The predicted octanol–water partition coefficient (Wildman–Crippen LogP) is 1.58. The van der Waals surface area contributed by atoms with Crippen LogP contribution >= 0.6 is 34.5 Å². The summed E-state index contributed by atoms with van der Waals surface area (Å²) in [5, 5.41) is 9.29. The fourth-order valence-electron chi connectivity index (χ4n) is 1.62. The van der Waals surface area contributed by atoms with Gasteiger partial charge in [0, 0.05) is 13.0 Å². The highest BCUT2D eigenvalue weighted by Crippen LogP contribution is 2.35. The molecule has 0 bridgehead atoms. The molecule has 1 fully saturated rings. The molecular weight excluding hydrogens is 337 g/mol. The zero-order chi connectivity index (χ0) is 14.3. The molecule has 19 heavy (non-hydrogen) atoms. The van der Waals surface area contributed by atoms with Crippen LogP contribution in [-0.2, 0) is 19.6 Å². The van der Waals surface area contributed by atoms with E-state index in [0.717, 1.165) is 11.3 Å². The van der Waals surface area contributed by atoms with E-state index >= 15 is 0 Å². The first-order valence-corrected chi connectivity index (χ1v) is 8.12. The van der Waals surface area contributed by atoms with Crippen molar-refractivity contribution in [2.45, 2.75) is 16.2 Å². The van der Waals surface area contributed by atoms with Crippen LogP contribution in [0.5, 0.6) is 0 Å². The van der Waals surface area contributed by atoms with Crippen LogP contribution in [0.4, 0.5) is 0 Å². The van der Waals surface area contributed by atoms with Crippen LogP contribution in [0.15, 0.2) is 10.3 Å². The van der Waals surface area contributed by atoms with Gasteiger partial charge < -0.3 is 9.84 Å². The van der Waals surface area contributed by atoms with E-state index in [1.807, 2.05) is 0 Å². The highest BCUT2D eigenvalue weighted by atomic mass is 35.5. The molecule has 1 saturated heterocycles. The molecule has 0 amide bonds. The van der Waals surface area contributed by atoms with Crippen molar-refractivity contribution in [1.82, 2.24) is 4.72 Å². The van der Waals surface area contributed by atoms with Gasteiger partial charge in [-0.15, -0.1) is 11.3 Å². The van der Waals surface area contributed by atoms with Crippen LogP contribution in [0.25, 0.3) is 0 Å². The summed E-state index contributed by atoms with van der Waals surface area (Å²) in [5.74, 6) is -1.28. The molecule has 0 saturated carbocycles. The van der Waals surface area contributed by atoms with Crippen molar-refractivity contribution >= 4 is 50.5 Å². The predicted molar refractivity (Wildman–Crippen MR) is 70.5 cm³/mol. The van der Waals surface area contributed by atoms with Gasteiger partial charge in [0.1, 0.15) is 8.55 Å². The molecule has 2 N–H and O–H groups in total. The molecule has 0 aliphatic carbocycles. The molecule has 106 valence electrons. The maximum Gasteiger partial charge on any atom is 0.327 e. The Bertz CT molecular complexity index is 587. The van der Waals surface area contributed by atoms with Crippen molar-refractivity contribution < 1.29 is 23.1 Å². The normalized spacial score (nSPS) is 23.7. The van der Waals surface area contributed by atoms with Gasteiger partial charge in [-0.2, -0.15) is 4.72 Å². The van der Waals surface area contributed by atoms with E-state index in [9.17, 15) is 18.3 Å². The molecule has 1 aliphatic heterocycles. The fraction of sp³-hybridized carbons (Fsp3) is 0.444. The summed E-state index contributed by atoms with van der Waals surface area (Å²) < 4.78 is 31.4. The Morgan fingerprint density at radius 1 is 1.53 bits per heavy atom. The summed E-state index contributed by atoms with van der Waals surface area (Å²) in [6.45, 7) is -0.0326. The van der Waals surface area contributed by atoms with Crippen LogP contribution in [0, 0.1) is 0 Å². The van der Waals surface area contributed by atoms with Gasteiger partial charge >= 0.3 is 5.97 Å². The van der Waals surface area contributed by atoms with E-state index in [0.29, 0.717) is 0 Å². The lowest BCUT2D eigenvalue weighted by atomic mass is 10.0. The number of halogens is 2. The zero-order valence-electron chi connectivity index (χ0n) is 9.35. The molecule has 1 aliphatic rings. The van der Waals surface area contributed by atoms with E-state index in [4.69, 9.17) is 27.9 Å². The maximum absolute atomic E-state index is 12.1. The van der Waals surface area contributed by atoms with Crippen LogP contribution in [0.2, 0.25) is 9.36 Å². The van der Waals surface area contributed by atoms with E-state index in [2.05, 4.69) is 4.72 Å². The van der Waals surface area contributed by atoms with Crippen molar-refractivity contribution in [1.29, 1.82) is 0 Å². The lowest BCUT2D eigenvalue weighted by molar-refractivity contribution is -0.144. The van der Waals surface area contributed by atoms with Crippen LogP contribution in [-0.4, -0.2) is 38.2 Å². The summed E-state index contributed by atoms with van der Waals surface area (Å²) in [6, 6.07) is 1.18. The van der Waals surface area contributed by atoms with Gasteiger partial charge in [0.2, 0.25) is 0 Å². The second kappa shape index (κ2) is 5.19. The Labute approximate surface area is 123 Å². The summed E-state index contributed by atoms with van der Waals surface area (Å²) in [6.07, 6.45) is 0.0639. The van der Waals surface area contributed by atoms with Gasteiger partial charge in [-0.05, 0) is 6.07 Å². The number of hydrogen-bond acceptors (Lipinski definition) is 5. The largest absolute Gasteiger partial charge is 0.480 e. The molecule has 6 nitrogen and oxygen atoms in total. The second-order valence-electron chi connectivity index (χ2n) is 3.98. The molecule has 0 aromatic carbocycles. The van der Waals surface area contributed by atoms with E-state index < -0.39 is 21.5 Å². The van der Waals surface area contributed by atoms with Crippen molar-refractivity contribution in [3.63, 3.8) is 0 Å². The third kappa shape index (κ3) is 2.88. The summed E-state index contributed by atoms with van der Waals surface area (Å²) in [7, 11) is -4.01. The lowest BCUT2D eigenvalue weighted by Crippen LogP contribution is -2.54. The Balaban J connectivity index is 2.33.